The lowest BCUT2D eigenvalue weighted by Gasteiger charge is -2.38. The third-order valence-electron chi connectivity index (χ3n) is 6.88. The van der Waals surface area contributed by atoms with Gasteiger partial charge in [0, 0.05) is 31.7 Å². The van der Waals surface area contributed by atoms with Crippen LogP contribution >= 0.6 is 0 Å². The van der Waals surface area contributed by atoms with Gasteiger partial charge in [0.1, 0.15) is 0 Å². The molecule has 0 aliphatic carbocycles. The van der Waals surface area contributed by atoms with Crippen LogP contribution in [0.15, 0.2) is 24.3 Å². The second-order valence-corrected chi connectivity index (χ2v) is 9.13. The fourth-order valence-corrected chi connectivity index (χ4v) is 4.81. The number of aryl methyl sites for hydroxylation is 1. The van der Waals surface area contributed by atoms with Gasteiger partial charge in [0.2, 0.25) is 17.7 Å². The third-order valence-corrected chi connectivity index (χ3v) is 6.88. The number of rotatable bonds is 7. The van der Waals surface area contributed by atoms with E-state index in [0.717, 1.165) is 69.5 Å². The Hall–Kier alpha value is -2.41. The standard InChI is InChI=1S/C25H38N4O3/c1-4-20-10-6-7-11-22(20)26-23(30)18-27(3)24(31)19(2)28-16-12-21(13-17-28)25(32)29-14-8-5-9-15-29/h6-7,10-11,19,21H,4-5,8-9,12-18H2,1-3H3,(H,26,30). The van der Waals surface area contributed by atoms with Gasteiger partial charge in [-0.25, -0.2) is 0 Å². The van der Waals surface area contributed by atoms with Crippen molar-refractivity contribution in [2.24, 2.45) is 5.92 Å². The molecule has 2 aliphatic rings. The number of benzene rings is 1. The first-order chi connectivity index (χ1) is 15.4. The molecular weight excluding hydrogens is 404 g/mol. The molecule has 2 aliphatic heterocycles. The van der Waals surface area contributed by atoms with Crippen LogP contribution in [-0.4, -0.2) is 78.2 Å². The summed E-state index contributed by atoms with van der Waals surface area (Å²) in [6.45, 7) is 7.22. The molecule has 0 spiro atoms. The molecule has 176 valence electrons. The van der Waals surface area contributed by atoms with Crippen molar-refractivity contribution in [2.45, 2.75) is 58.4 Å². The number of anilines is 1. The molecule has 1 atom stereocenters. The van der Waals surface area contributed by atoms with Gasteiger partial charge in [0.05, 0.1) is 12.6 Å². The lowest BCUT2D eigenvalue weighted by Crippen LogP contribution is -2.51. The van der Waals surface area contributed by atoms with Gasteiger partial charge in [-0.05, 0) is 70.2 Å². The van der Waals surface area contributed by atoms with Gasteiger partial charge in [-0.15, -0.1) is 0 Å². The van der Waals surface area contributed by atoms with Gasteiger partial charge in [0.15, 0.2) is 0 Å². The fourth-order valence-electron chi connectivity index (χ4n) is 4.81. The average Bonchev–Trinajstić information content (AvgIpc) is 2.83. The molecule has 0 aromatic heterocycles. The Morgan fingerprint density at radius 3 is 2.38 bits per heavy atom. The first-order valence-electron chi connectivity index (χ1n) is 12.1. The van der Waals surface area contributed by atoms with Crippen LogP contribution < -0.4 is 5.32 Å². The minimum Gasteiger partial charge on any atom is -0.342 e. The number of carbonyl (C=O) groups excluding carboxylic acids is 3. The summed E-state index contributed by atoms with van der Waals surface area (Å²) in [6, 6.07) is 7.42. The number of hydrogen-bond donors (Lipinski definition) is 1. The molecule has 32 heavy (non-hydrogen) atoms. The minimum absolute atomic E-state index is 0.0190. The van der Waals surface area contributed by atoms with Crippen LogP contribution in [0.1, 0.15) is 51.5 Å². The number of amides is 3. The van der Waals surface area contributed by atoms with Gasteiger partial charge in [-0.2, -0.15) is 0 Å². The van der Waals surface area contributed by atoms with Crippen LogP contribution in [0, 0.1) is 5.92 Å². The Morgan fingerprint density at radius 2 is 1.72 bits per heavy atom. The highest BCUT2D eigenvalue weighted by Crippen LogP contribution is 2.23. The summed E-state index contributed by atoms with van der Waals surface area (Å²) >= 11 is 0. The van der Waals surface area contributed by atoms with Crippen molar-refractivity contribution in [1.29, 1.82) is 0 Å². The van der Waals surface area contributed by atoms with E-state index in [0.29, 0.717) is 5.91 Å². The van der Waals surface area contributed by atoms with E-state index in [-0.39, 0.29) is 30.3 Å². The lowest BCUT2D eigenvalue weighted by atomic mass is 9.93. The summed E-state index contributed by atoms with van der Waals surface area (Å²) in [6.07, 6.45) is 5.87. The summed E-state index contributed by atoms with van der Waals surface area (Å²) in [7, 11) is 1.68. The molecular formula is C25H38N4O3. The van der Waals surface area contributed by atoms with Crippen LogP contribution in [0.2, 0.25) is 0 Å². The molecule has 1 N–H and O–H groups in total. The Kier molecular flexibility index (Phi) is 8.67. The van der Waals surface area contributed by atoms with Crippen molar-refractivity contribution in [3.05, 3.63) is 29.8 Å². The number of carbonyl (C=O) groups is 3. The zero-order chi connectivity index (χ0) is 23.1. The lowest BCUT2D eigenvalue weighted by molar-refractivity contribution is -0.140. The van der Waals surface area contributed by atoms with Crippen molar-refractivity contribution >= 4 is 23.4 Å². The van der Waals surface area contributed by atoms with E-state index in [1.165, 1.54) is 11.3 Å². The second kappa shape index (κ2) is 11.5. The molecule has 1 aromatic rings. The fraction of sp³-hybridized carbons (Fsp3) is 0.640. The number of nitrogens with one attached hydrogen (secondary N) is 1. The molecule has 0 saturated carbocycles. The predicted molar refractivity (Wildman–Crippen MR) is 126 cm³/mol. The van der Waals surface area contributed by atoms with Crippen molar-refractivity contribution in [3.63, 3.8) is 0 Å². The summed E-state index contributed by atoms with van der Waals surface area (Å²) < 4.78 is 0. The van der Waals surface area contributed by atoms with E-state index >= 15 is 0 Å². The van der Waals surface area contributed by atoms with E-state index < -0.39 is 0 Å². The first-order valence-corrected chi connectivity index (χ1v) is 12.1. The van der Waals surface area contributed by atoms with Gasteiger partial charge in [-0.3, -0.25) is 19.3 Å². The number of para-hydroxylation sites is 1. The van der Waals surface area contributed by atoms with Gasteiger partial charge in [-0.1, -0.05) is 25.1 Å². The summed E-state index contributed by atoms with van der Waals surface area (Å²) in [4.78, 5) is 43.9. The van der Waals surface area contributed by atoms with Crippen LogP contribution in [0.5, 0.6) is 0 Å². The van der Waals surface area contributed by atoms with E-state index in [2.05, 4.69) is 10.2 Å². The largest absolute Gasteiger partial charge is 0.342 e. The predicted octanol–water partition coefficient (Wildman–Crippen LogP) is 2.76. The molecule has 0 radical (unpaired) electrons. The van der Waals surface area contributed by atoms with Crippen molar-refractivity contribution in [2.75, 3.05) is 45.1 Å². The van der Waals surface area contributed by atoms with Crippen LogP contribution in [0.3, 0.4) is 0 Å². The van der Waals surface area contributed by atoms with E-state index in [1.807, 2.05) is 43.0 Å². The SMILES string of the molecule is CCc1ccccc1NC(=O)CN(C)C(=O)C(C)N1CCC(C(=O)N2CCCCC2)CC1. The molecule has 1 aromatic carbocycles. The topological polar surface area (TPSA) is 73.0 Å². The zero-order valence-corrected chi connectivity index (χ0v) is 19.8. The molecule has 2 fully saturated rings. The van der Waals surface area contributed by atoms with E-state index in [1.54, 1.807) is 7.05 Å². The van der Waals surface area contributed by atoms with Crippen molar-refractivity contribution < 1.29 is 14.4 Å². The van der Waals surface area contributed by atoms with Crippen molar-refractivity contribution in [3.8, 4) is 0 Å². The molecule has 3 rings (SSSR count). The number of likely N-dealkylation sites (N-methyl/N-ethyl adjacent to an activating group) is 1. The van der Waals surface area contributed by atoms with Crippen LogP contribution in [0.4, 0.5) is 5.69 Å². The molecule has 7 heteroatoms. The van der Waals surface area contributed by atoms with Gasteiger partial charge >= 0.3 is 0 Å². The monoisotopic (exact) mass is 442 g/mol. The summed E-state index contributed by atoms with van der Waals surface area (Å²) in [5.74, 6) is 0.114. The number of nitrogens with zero attached hydrogens (tertiary/aromatic N) is 3. The quantitative estimate of drug-likeness (QED) is 0.705. The molecule has 1 unspecified atom stereocenters. The van der Waals surface area contributed by atoms with E-state index in [4.69, 9.17) is 0 Å². The Labute approximate surface area is 192 Å². The smallest absolute Gasteiger partial charge is 0.243 e. The Balaban J connectivity index is 1.46. The number of piperidine rings is 2. The Bertz CT molecular complexity index is 798. The summed E-state index contributed by atoms with van der Waals surface area (Å²) in [5.41, 5.74) is 1.87. The number of likely N-dealkylation sites (tertiary alicyclic amines) is 2. The first kappa shape index (κ1) is 24.2. The van der Waals surface area contributed by atoms with Crippen molar-refractivity contribution in [1.82, 2.24) is 14.7 Å². The zero-order valence-electron chi connectivity index (χ0n) is 19.8. The minimum atomic E-state index is -0.304. The van der Waals surface area contributed by atoms with E-state index in [9.17, 15) is 14.4 Å². The highest BCUT2D eigenvalue weighted by molar-refractivity contribution is 5.95. The maximum absolute atomic E-state index is 12.9. The van der Waals surface area contributed by atoms with Crippen LogP contribution in [0.25, 0.3) is 0 Å². The van der Waals surface area contributed by atoms with Crippen LogP contribution in [-0.2, 0) is 20.8 Å². The Morgan fingerprint density at radius 1 is 1.06 bits per heavy atom. The molecule has 2 heterocycles. The molecule has 0 bridgehead atoms. The maximum atomic E-state index is 12.9. The highest BCUT2D eigenvalue weighted by atomic mass is 16.2. The normalized spacial score (nSPS) is 18.8. The molecule has 2 saturated heterocycles. The third kappa shape index (κ3) is 6.09. The maximum Gasteiger partial charge on any atom is 0.243 e. The highest BCUT2D eigenvalue weighted by Gasteiger charge is 2.33. The summed E-state index contributed by atoms with van der Waals surface area (Å²) in [5, 5.41) is 2.93. The van der Waals surface area contributed by atoms with Gasteiger partial charge in [0.25, 0.3) is 0 Å². The second-order valence-electron chi connectivity index (χ2n) is 9.13. The number of hydrogen-bond acceptors (Lipinski definition) is 4. The van der Waals surface area contributed by atoms with Gasteiger partial charge < -0.3 is 15.1 Å². The average molecular weight is 443 g/mol. The molecule has 3 amide bonds. The molecule has 7 nitrogen and oxygen atoms in total.